The number of rotatable bonds is 8. The predicted octanol–water partition coefficient (Wildman–Crippen LogP) is 5.29. The molecule has 0 unspecified atom stereocenters. The zero-order valence-electron chi connectivity index (χ0n) is 16.9. The first-order valence-corrected chi connectivity index (χ1v) is 10.7. The third-order valence-electron chi connectivity index (χ3n) is 4.36. The Hall–Kier alpha value is -3.71. The Morgan fingerprint density at radius 2 is 1.81 bits per heavy atom. The van der Waals surface area contributed by atoms with Gasteiger partial charge in [0.2, 0.25) is 0 Å². The monoisotopic (exact) mass is 431 g/mol. The van der Waals surface area contributed by atoms with Gasteiger partial charge in [0, 0.05) is 34.6 Å². The van der Waals surface area contributed by atoms with Crippen molar-refractivity contribution in [1.29, 1.82) is 0 Å². The van der Waals surface area contributed by atoms with Crippen LogP contribution in [0, 0.1) is 0 Å². The molecule has 2 heterocycles. The zero-order chi connectivity index (χ0) is 21.5. The Morgan fingerprint density at radius 1 is 1.00 bits per heavy atom. The minimum absolute atomic E-state index is 0.115. The quantitative estimate of drug-likeness (QED) is 0.410. The number of nitrogens with one attached hydrogen (secondary N) is 1. The van der Waals surface area contributed by atoms with Crippen molar-refractivity contribution in [2.75, 3.05) is 18.5 Å². The van der Waals surface area contributed by atoms with Crippen LogP contribution < -0.4 is 14.8 Å². The number of anilines is 1. The molecule has 0 aliphatic heterocycles. The fourth-order valence-electron chi connectivity index (χ4n) is 2.97. The van der Waals surface area contributed by atoms with Crippen LogP contribution in [-0.4, -0.2) is 29.1 Å². The molecule has 0 aliphatic carbocycles. The molecular weight excluding hydrogens is 410 g/mol. The molecule has 0 radical (unpaired) electrons. The van der Waals surface area contributed by atoms with E-state index in [0.717, 1.165) is 21.8 Å². The fraction of sp³-hybridized carbons (Fsp3) is 0.125. The van der Waals surface area contributed by atoms with Crippen molar-refractivity contribution < 1.29 is 14.3 Å². The van der Waals surface area contributed by atoms with Gasteiger partial charge in [0.15, 0.2) is 18.1 Å². The van der Waals surface area contributed by atoms with Crippen LogP contribution >= 0.6 is 11.3 Å². The lowest BCUT2D eigenvalue weighted by molar-refractivity contribution is -0.118. The first-order valence-electron chi connectivity index (χ1n) is 9.84. The molecule has 7 heteroatoms. The van der Waals surface area contributed by atoms with E-state index < -0.39 is 0 Å². The first-order chi connectivity index (χ1) is 15.2. The second-order valence-corrected chi connectivity index (χ2v) is 7.44. The van der Waals surface area contributed by atoms with Gasteiger partial charge >= 0.3 is 0 Å². The molecule has 0 spiro atoms. The third kappa shape index (κ3) is 5.26. The number of thiazole rings is 1. The largest absolute Gasteiger partial charge is 0.490 e. The van der Waals surface area contributed by atoms with Crippen LogP contribution in [0.2, 0.25) is 0 Å². The van der Waals surface area contributed by atoms with E-state index in [1.807, 2.05) is 66.9 Å². The Balaban J connectivity index is 1.41. The lowest BCUT2D eigenvalue weighted by atomic mass is 10.1. The zero-order valence-corrected chi connectivity index (χ0v) is 17.8. The second kappa shape index (κ2) is 9.86. The number of nitrogens with zero attached hydrogens (tertiary/aromatic N) is 2. The number of benzene rings is 2. The van der Waals surface area contributed by atoms with E-state index in [0.29, 0.717) is 23.8 Å². The van der Waals surface area contributed by atoms with Crippen LogP contribution in [0.1, 0.15) is 6.92 Å². The van der Waals surface area contributed by atoms with Gasteiger partial charge in [-0.05, 0) is 43.3 Å². The molecule has 6 nitrogen and oxygen atoms in total. The van der Waals surface area contributed by atoms with Crippen molar-refractivity contribution in [3.8, 4) is 33.3 Å². The number of aromatic nitrogens is 2. The number of ether oxygens (including phenoxy) is 2. The van der Waals surface area contributed by atoms with Crippen LogP contribution in [0.5, 0.6) is 11.5 Å². The molecule has 1 amide bonds. The summed E-state index contributed by atoms with van der Waals surface area (Å²) in [7, 11) is 0. The summed E-state index contributed by atoms with van der Waals surface area (Å²) in [4.78, 5) is 21.2. The van der Waals surface area contributed by atoms with Gasteiger partial charge in [-0.1, -0.05) is 24.3 Å². The van der Waals surface area contributed by atoms with Gasteiger partial charge in [0.05, 0.1) is 12.3 Å². The molecule has 1 N–H and O–H groups in total. The fourth-order valence-corrected chi connectivity index (χ4v) is 3.79. The van der Waals surface area contributed by atoms with E-state index >= 15 is 0 Å². The summed E-state index contributed by atoms with van der Waals surface area (Å²) in [6.45, 7) is 2.31. The van der Waals surface area contributed by atoms with Crippen molar-refractivity contribution >= 4 is 22.9 Å². The molecule has 0 saturated heterocycles. The Morgan fingerprint density at radius 3 is 2.58 bits per heavy atom. The minimum atomic E-state index is -0.252. The highest BCUT2D eigenvalue weighted by Gasteiger charge is 2.10. The molecule has 4 rings (SSSR count). The maximum absolute atomic E-state index is 12.4. The molecule has 0 atom stereocenters. The molecule has 2 aromatic carbocycles. The Bertz CT molecular complexity index is 1160. The van der Waals surface area contributed by atoms with Gasteiger partial charge in [-0.2, -0.15) is 0 Å². The Labute approximate surface area is 184 Å². The summed E-state index contributed by atoms with van der Waals surface area (Å²) in [5, 5.41) is 5.77. The van der Waals surface area contributed by atoms with E-state index in [-0.39, 0.29) is 12.5 Å². The number of para-hydroxylation sites is 2. The summed E-state index contributed by atoms with van der Waals surface area (Å²) in [5.74, 6) is 0.907. The summed E-state index contributed by atoms with van der Waals surface area (Å²) < 4.78 is 11.2. The molecule has 2 aromatic heterocycles. The maximum atomic E-state index is 12.4. The number of hydrogen-bond donors (Lipinski definition) is 1. The van der Waals surface area contributed by atoms with Gasteiger partial charge < -0.3 is 14.8 Å². The van der Waals surface area contributed by atoms with Crippen LogP contribution in [0.15, 0.2) is 78.4 Å². The third-order valence-corrected chi connectivity index (χ3v) is 5.25. The van der Waals surface area contributed by atoms with Crippen LogP contribution in [0.4, 0.5) is 5.69 Å². The number of amides is 1. The molecular formula is C24H21N3O3S. The lowest BCUT2D eigenvalue weighted by Crippen LogP contribution is -2.20. The van der Waals surface area contributed by atoms with Gasteiger partial charge in [-0.25, -0.2) is 4.98 Å². The molecule has 0 fully saturated rings. The predicted molar refractivity (Wildman–Crippen MR) is 123 cm³/mol. The van der Waals surface area contributed by atoms with Gasteiger partial charge in [0.1, 0.15) is 5.01 Å². The van der Waals surface area contributed by atoms with Crippen molar-refractivity contribution in [3.63, 3.8) is 0 Å². The molecule has 0 saturated carbocycles. The highest BCUT2D eigenvalue weighted by atomic mass is 32.1. The molecule has 4 aromatic rings. The van der Waals surface area contributed by atoms with Crippen molar-refractivity contribution in [2.45, 2.75) is 6.92 Å². The van der Waals surface area contributed by atoms with Crippen LogP contribution in [0.3, 0.4) is 0 Å². The van der Waals surface area contributed by atoms with E-state index in [9.17, 15) is 4.79 Å². The van der Waals surface area contributed by atoms with Crippen molar-refractivity contribution in [3.05, 3.63) is 78.4 Å². The number of carbonyl (C=O) groups excluding carboxylic acids is 1. The summed E-state index contributed by atoms with van der Waals surface area (Å²) >= 11 is 1.56. The molecule has 0 aliphatic rings. The Kier molecular flexibility index (Phi) is 6.54. The highest BCUT2D eigenvalue weighted by Crippen LogP contribution is 2.30. The topological polar surface area (TPSA) is 73.3 Å². The smallest absolute Gasteiger partial charge is 0.262 e. The minimum Gasteiger partial charge on any atom is -0.490 e. The van der Waals surface area contributed by atoms with Crippen LogP contribution in [0.25, 0.3) is 21.8 Å². The SMILES string of the molecule is CCOc1ccccc1OCC(=O)Nc1cccc(-c2csc(-c3cccnc3)n2)c1. The normalized spacial score (nSPS) is 10.5. The van der Waals surface area contributed by atoms with Crippen LogP contribution in [-0.2, 0) is 4.79 Å². The van der Waals surface area contributed by atoms with E-state index in [4.69, 9.17) is 14.5 Å². The standard InChI is InChI=1S/C24H21N3O3S/c1-2-29-21-10-3-4-11-22(21)30-15-23(28)26-19-9-5-7-17(13-19)20-16-31-24(27-20)18-8-6-12-25-14-18/h3-14,16H,2,15H2,1H3,(H,26,28). The van der Waals surface area contributed by atoms with Crippen molar-refractivity contribution in [2.24, 2.45) is 0 Å². The van der Waals surface area contributed by atoms with Gasteiger partial charge in [0.25, 0.3) is 5.91 Å². The average molecular weight is 432 g/mol. The number of pyridine rings is 1. The highest BCUT2D eigenvalue weighted by molar-refractivity contribution is 7.13. The summed E-state index contributed by atoms with van der Waals surface area (Å²) in [6, 6.07) is 18.8. The summed E-state index contributed by atoms with van der Waals surface area (Å²) in [6.07, 6.45) is 3.53. The second-order valence-electron chi connectivity index (χ2n) is 6.58. The first kappa shape index (κ1) is 20.6. The summed E-state index contributed by atoms with van der Waals surface area (Å²) in [5.41, 5.74) is 3.43. The molecule has 156 valence electrons. The maximum Gasteiger partial charge on any atom is 0.262 e. The van der Waals surface area contributed by atoms with E-state index in [2.05, 4.69) is 10.3 Å². The average Bonchev–Trinajstić information content (AvgIpc) is 3.30. The number of carbonyl (C=O) groups is 1. The van der Waals surface area contributed by atoms with E-state index in [1.165, 1.54) is 0 Å². The molecule has 0 bridgehead atoms. The lowest BCUT2D eigenvalue weighted by Gasteiger charge is -2.12. The van der Waals surface area contributed by atoms with Crippen molar-refractivity contribution in [1.82, 2.24) is 9.97 Å². The molecule has 31 heavy (non-hydrogen) atoms. The van der Waals surface area contributed by atoms with E-state index in [1.54, 1.807) is 29.8 Å². The van der Waals surface area contributed by atoms with Gasteiger partial charge in [-0.15, -0.1) is 11.3 Å². The number of hydrogen-bond acceptors (Lipinski definition) is 6. The van der Waals surface area contributed by atoms with Gasteiger partial charge in [-0.3, -0.25) is 9.78 Å².